The lowest BCUT2D eigenvalue weighted by Gasteiger charge is -2.11. The van der Waals surface area contributed by atoms with Crippen LogP contribution in [0.4, 0.5) is 0 Å². The molecule has 0 aliphatic carbocycles. The van der Waals surface area contributed by atoms with Gasteiger partial charge in [-0.3, -0.25) is 4.79 Å². The molecule has 2 heterocycles. The lowest BCUT2D eigenvalue weighted by Crippen LogP contribution is -2.28. The second-order valence-electron chi connectivity index (χ2n) is 5.60. The van der Waals surface area contributed by atoms with Gasteiger partial charge in [0.15, 0.2) is 0 Å². The standard InChI is InChI=1S/C17H17ClN2O3/c1-9-14(11(3)23-20-9)8-17(21)19-10(2)16-7-12-6-13(18)4-5-15(12)22-16/h4-7,10H,8H2,1-3H3,(H,19,21). The van der Waals surface area contributed by atoms with Crippen molar-refractivity contribution >= 4 is 28.5 Å². The first-order valence-corrected chi connectivity index (χ1v) is 7.72. The van der Waals surface area contributed by atoms with Gasteiger partial charge in [0.25, 0.3) is 0 Å². The lowest BCUT2D eigenvalue weighted by atomic mass is 10.1. The lowest BCUT2D eigenvalue weighted by molar-refractivity contribution is -0.121. The molecule has 0 radical (unpaired) electrons. The van der Waals surface area contributed by atoms with Crippen LogP contribution in [0.1, 0.15) is 35.7 Å². The molecule has 0 saturated heterocycles. The summed E-state index contributed by atoms with van der Waals surface area (Å²) in [5, 5.41) is 8.36. The highest BCUT2D eigenvalue weighted by molar-refractivity contribution is 6.31. The van der Waals surface area contributed by atoms with Gasteiger partial charge in [-0.1, -0.05) is 16.8 Å². The Labute approximate surface area is 138 Å². The molecule has 0 fully saturated rings. The predicted octanol–water partition coefficient (Wildman–Crippen LogP) is 4.11. The van der Waals surface area contributed by atoms with Gasteiger partial charge in [0.1, 0.15) is 17.1 Å². The molecule has 1 aromatic carbocycles. The van der Waals surface area contributed by atoms with Crippen LogP contribution < -0.4 is 5.32 Å². The van der Waals surface area contributed by atoms with Crippen molar-refractivity contribution < 1.29 is 13.7 Å². The molecule has 1 atom stereocenters. The fourth-order valence-corrected chi connectivity index (χ4v) is 2.71. The molecular weight excluding hydrogens is 316 g/mol. The molecule has 2 aromatic heterocycles. The summed E-state index contributed by atoms with van der Waals surface area (Å²) < 4.78 is 10.8. The van der Waals surface area contributed by atoms with E-state index in [1.165, 1.54) is 0 Å². The Hall–Kier alpha value is -2.27. The molecule has 1 unspecified atom stereocenters. The van der Waals surface area contributed by atoms with Crippen LogP contribution in [0.5, 0.6) is 0 Å². The maximum Gasteiger partial charge on any atom is 0.225 e. The number of nitrogens with zero attached hydrogens (tertiary/aromatic N) is 1. The number of benzene rings is 1. The zero-order chi connectivity index (χ0) is 16.6. The van der Waals surface area contributed by atoms with Crippen molar-refractivity contribution in [2.45, 2.75) is 33.2 Å². The second-order valence-corrected chi connectivity index (χ2v) is 6.04. The van der Waals surface area contributed by atoms with Crippen molar-refractivity contribution in [3.05, 3.63) is 52.1 Å². The summed E-state index contributed by atoms with van der Waals surface area (Å²) in [5.74, 6) is 1.25. The van der Waals surface area contributed by atoms with Crippen LogP contribution in [-0.4, -0.2) is 11.1 Å². The van der Waals surface area contributed by atoms with Crippen molar-refractivity contribution in [1.29, 1.82) is 0 Å². The van der Waals surface area contributed by atoms with Crippen molar-refractivity contribution in [3.8, 4) is 0 Å². The minimum Gasteiger partial charge on any atom is -0.459 e. The summed E-state index contributed by atoms with van der Waals surface area (Å²) in [6, 6.07) is 7.08. The van der Waals surface area contributed by atoms with Gasteiger partial charge in [0.05, 0.1) is 18.2 Å². The summed E-state index contributed by atoms with van der Waals surface area (Å²) in [7, 11) is 0. The van der Waals surface area contributed by atoms with E-state index >= 15 is 0 Å². The van der Waals surface area contributed by atoms with E-state index in [9.17, 15) is 4.79 Å². The molecule has 0 saturated carbocycles. The molecule has 23 heavy (non-hydrogen) atoms. The van der Waals surface area contributed by atoms with E-state index in [0.29, 0.717) is 16.5 Å². The first-order chi connectivity index (χ1) is 10.9. The minimum atomic E-state index is -0.242. The van der Waals surface area contributed by atoms with Crippen LogP contribution in [0.2, 0.25) is 5.02 Å². The first-order valence-electron chi connectivity index (χ1n) is 7.34. The van der Waals surface area contributed by atoms with Crippen LogP contribution in [0.25, 0.3) is 11.0 Å². The quantitative estimate of drug-likeness (QED) is 0.780. The van der Waals surface area contributed by atoms with E-state index in [2.05, 4.69) is 10.5 Å². The van der Waals surface area contributed by atoms with Gasteiger partial charge >= 0.3 is 0 Å². The number of carbonyl (C=O) groups is 1. The van der Waals surface area contributed by atoms with E-state index in [1.54, 1.807) is 13.0 Å². The Bertz CT molecular complexity index is 846. The molecule has 3 rings (SSSR count). The Balaban J connectivity index is 1.72. The van der Waals surface area contributed by atoms with E-state index in [4.69, 9.17) is 20.5 Å². The third-order valence-corrected chi connectivity index (χ3v) is 4.06. The fourth-order valence-electron chi connectivity index (χ4n) is 2.53. The van der Waals surface area contributed by atoms with Crippen molar-refractivity contribution in [3.63, 3.8) is 0 Å². The molecule has 120 valence electrons. The molecule has 0 aliphatic heterocycles. The van der Waals surface area contributed by atoms with Crippen molar-refractivity contribution in [2.75, 3.05) is 0 Å². The number of carbonyl (C=O) groups excluding carboxylic acids is 1. The first kappa shape index (κ1) is 15.6. The van der Waals surface area contributed by atoms with Crippen molar-refractivity contribution in [1.82, 2.24) is 10.5 Å². The largest absolute Gasteiger partial charge is 0.459 e. The number of aryl methyl sites for hydroxylation is 2. The molecule has 0 spiro atoms. The van der Waals surface area contributed by atoms with Crippen LogP contribution in [0, 0.1) is 13.8 Å². The number of rotatable bonds is 4. The van der Waals surface area contributed by atoms with Gasteiger partial charge in [-0.05, 0) is 45.0 Å². The summed E-state index contributed by atoms with van der Waals surface area (Å²) in [4.78, 5) is 12.2. The number of hydrogen-bond donors (Lipinski definition) is 1. The number of nitrogens with one attached hydrogen (secondary N) is 1. The van der Waals surface area contributed by atoms with Crippen LogP contribution in [0.15, 0.2) is 33.2 Å². The Kier molecular flexibility index (Phi) is 4.13. The molecule has 3 aromatic rings. The highest BCUT2D eigenvalue weighted by Crippen LogP contribution is 2.26. The SMILES string of the molecule is Cc1noc(C)c1CC(=O)NC(C)c1cc2cc(Cl)ccc2o1. The van der Waals surface area contributed by atoms with Gasteiger partial charge in [-0.2, -0.15) is 0 Å². The van der Waals surface area contributed by atoms with Gasteiger partial charge < -0.3 is 14.3 Å². The van der Waals surface area contributed by atoms with Crippen molar-refractivity contribution in [2.24, 2.45) is 0 Å². The Morgan fingerprint density at radius 2 is 2.13 bits per heavy atom. The number of aromatic nitrogens is 1. The summed E-state index contributed by atoms with van der Waals surface area (Å²) in [5.41, 5.74) is 2.31. The van der Waals surface area contributed by atoms with Gasteiger partial charge in [-0.25, -0.2) is 0 Å². The van der Waals surface area contributed by atoms with Crippen LogP contribution in [0.3, 0.4) is 0 Å². The fraction of sp³-hybridized carbons (Fsp3) is 0.294. The molecule has 5 nitrogen and oxygen atoms in total. The maximum atomic E-state index is 12.2. The highest BCUT2D eigenvalue weighted by Gasteiger charge is 2.17. The normalized spacial score (nSPS) is 12.5. The Morgan fingerprint density at radius 1 is 1.35 bits per heavy atom. The Morgan fingerprint density at radius 3 is 2.83 bits per heavy atom. The third kappa shape index (κ3) is 3.24. The molecule has 0 aliphatic rings. The summed E-state index contributed by atoms with van der Waals surface area (Å²) >= 11 is 5.97. The molecular formula is C17H17ClN2O3. The van der Waals surface area contributed by atoms with E-state index in [-0.39, 0.29) is 18.4 Å². The zero-order valence-electron chi connectivity index (χ0n) is 13.1. The maximum absolute atomic E-state index is 12.2. The number of halogens is 1. The summed E-state index contributed by atoms with van der Waals surface area (Å²) in [6.45, 7) is 5.51. The molecule has 1 N–H and O–H groups in total. The molecule has 1 amide bonds. The smallest absolute Gasteiger partial charge is 0.225 e. The minimum absolute atomic E-state index is 0.106. The monoisotopic (exact) mass is 332 g/mol. The highest BCUT2D eigenvalue weighted by atomic mass is 35.5. The topological polar surface area (TPSA) is 68.3 Å². The third-order valence-electron chi connectivity index (χ3n) is 3.82. The van der Waals surface area contributed by atoms with E-state index in [1.807, 2.05) is 32.0 Å². The average Bonchev–Trinajstić information content (AvgIpc) is 3.05. The number of amides is 1. The number of fused-ring (bicyclic) bond motifs is 1. The van der Waals surface area contributed by atoms with Crippen LogP contribution >= 0.6 is 11.6 Å². The second kappa shape index (κ2) is 6.08. The van der Waals surface area contributed by atoms with Gasteiger partial charge in [0.2, 0.25) is 5.91 Å². The average molecular weight is 333 g/mol. The number of hydrogen-bond acceptors (Lipinski definition) is 4. The van der Waals surface area contributed by atoms with E-state index < -0.39 is 0 Å². The number of furan rings is 1. The van der Waals surface area contributed by atoms with Gasteiger partial charge in [0, 0.05) is 16.0 Å². The summed E-state index contributed by atoms with van der Waals surface area (Å²) in [6.07, 6.45) is 0.234. The zero-order valence-corrected chi connectivity index (χ0v) is 13.9. The van der Waals surface area contributed by atoms with Gasteiger partial charge in [-0.15, -0.1) is 0 Å². The molecule has 0 bridgehead atoms. The van der Waals surface area contributed by atoms with E-state index in [0.717, 1.165) is 22.2 Å². The van der Waals surface area contributed by atoms with Crippen LogP contribution in [-0.2, 0) is 11.2 Å². The molecule has 6 heteroatoms. The predicted molar refractivity (Wildman–Crippen MR) is 87.5 cm³/mol.